The Balaban J connectivity index is 1.79. The molecule has 1 amide bonds. The minimum atomic E-state index is -0.274. The second-order valence-electron chi connectivity index (χ2n) is 4.53. The number of nitrogens with zero attached hydrogens (tertiary/aromatic N) is 3. The van der Waals surface area contributed by atoms with Crippen LogP contribution in [0, 0.1) is 13.8 Å². The Labute approximate surface area is 124 Å². The number of hydrogen-bond acceptors (Lipinski definition) is 7. The van der Waals surface area contributed by atoms with Gasteiger partial charge in [0.15, 0.2) is 0 Å². The summed E-state index contributed by atoms with van der Waals surface area (Å²) in [6.07, 6.45) is 1.55. The molecule has 3 aromatic heterocycles. The molecule has 0 aliphatic rings. The maximum atomic E-state index is 12.2. The number of rotatable bonds is 3. The highest BCUT2D eigenvalue weighted by Gasteiger charge is 2.17. The highest BCUT2D eigenvalue weighted by Crippen LogP contribution is 2.31. The van der Waals surface area contributed by atoms with Crippen molar-refractivity contribution in [1.29, 1.82) is 0 Å². The zero-order chi connectivity index (χ0) is 15.0. The summed E-state index contributed by atoms with van der Waals surface area (Å²) < 4.78 is 5.41. The van der Waals surface area contributed by atoms with Gasteiger partial charge in [0.1, 0.15) is 15.5 Å². The van der Waals surface area contributed by atoms with Gasteiger partial charge in [-0.2, -0.15) is 5.10 Å². The van der Waals surface area contributed by atoms with Crippen LogP contribution in [0.2, 0.25) is 0 Å². The summed E-state index contributed by atoms with van der Waals surface area (Å²) in [4.78, 5) is 17.5. The van der Waals surface area contributed by atoms with E-state index in [9.17, 15) is 4.79 Å². The number of fused-ring (bicyclic) bond motifs is 1. The van der Waals surface area contributed by atoms with E-state index in [1.165, 1.54) is 11.3 Å². The van der Waals surface area contributed by atoms with Gasteiger partial charge in [-0.25, -0.2) is 4.98 Å². The Morgan fingerprint density at radius 2 is 2.29 bits per heavy atom. The quantitative estimate of drug-likeness (QED) is 0.764. The fourth-order valence-corrected chi connectivity index (χ4v) is 2.85. The number of nitrogens with two attached hydrogens (primary N) is 1. The Kier molecular flexibility index (Phi) is 3.30. The molecule has 0 unspecified atom stereocenters. The van der Waals surface area contributed by atoms with Crippen LogP contribution >= 0.6 is 11.3 Å². The number of thiophene rings is 1. The zero-order valence-corrected chi connectivity index (χ0v) is 12.3. The predicted molar refractivity (Wildman–Crippen MR) is 79.0 cm³/mol. The average molecular weight is 303 g/mol. The van der Waals surface area contributed by atoms with Gasteiger partial charge in [0.2, 0.25) is 5.89 Å². The molecule has 8 heteroatoms. The Morgan fingerprint density at radius 3 is 2.95 bits per heavy atom. The second-order valence-corrected chi connectivity index (χ2v) is 5.53. The molecule has 0 saturated heterocycles. The van der Waals surface area contributed by atoms with Crippen molar-refractivity contribution in [2.75, 3.05) is 5.73 Å². The topological polar surface area (TPSA) is 107 Å². The van der Waals surface area contributed by atoms with Gasteiger partial charge in [-0.05, 0) is 19.9 Å². The van der Waals surface area contributed by atoms with Crippen LogP contribution in [0.25, 0.3) is 10.2 Å². The summed E-state index contributed by atoms with van der Waals surface area (Å²) in [7, 11) is 0. The molecule has 3 rings (SSSR count). The van der Waals surface area contributed by atoms with E-state index < -0.39 is 0 Å². The van der Waals surface area contributed by atoms with Crippen LogP contribution in [-0.2, 0) is 6.54 Å². The number of amides is 1. The van der Waals surface area contributed by atoms with Crippen LogP contribution in [-0.4, -0.2) is 21.1 Å². The number of nitrogen functional groups attached to an aromatic ring is 1. The van der Waals surface area contributed by atoms with Crippen molar-refractivity contribution in [3.8, 4) is 0 Å². The molecule has 7 nitrogen and oxygen atoms in total. The molecule has 0 saturated carbocycles. The molecule has 0 aliphatic heterocycles. The fourth-order valence-electron chi connectivity index (χ4n) is 1.89. The van der Waals surface area contributed by atoms with Crippen molar-refractivity contribution in [1.82, 2.24) is 20.5 Å². The van der Waals surface area contributed by atoms with E-state index in [0.29, 0.717) is 21.3 Å². The molecule has 0 bridgehead atoms. The van der Waals surface area contributed by atoms with E-state index in [4.69, 9.17) is 10.2 Å². The highest BCUT2D eigenvalue weighted by molar-refractivity contribution is 7.21. The van der Waals surface area contributed by atoms with Gasteiger partial charge in [0.25, 0.3) is 5.91 Å². The number of carbonyl (C=O) groups is 1. The molecule has 0 aliphatic carbocycles. The molecule has 3 aromatic rings. The summed E-state index contributed by atoms with van der Waals surface area (Å²) in [5.41, 5.74) is 7.21. The molecular formula is C13H13N5O2S. The summed E-state index contributed by atoms with van der Waals surface area (Å²) in [6.45, 7) is 3.90. The second kappa shape index (κ2) is 5.13. The number of hydrogen-bond donors (Lipinski definition) is 2. The van der Waals surface area contributed by atoms with Gasteiger partial charge >= 0.3 is 0 Å². The van der Waals surface area contributed by atoms with Crippen LogP contribution in [0.4, 0.5) is 5.69 Å². The van der Waals surface area contributed by atoms with E-state index in [-0.39, 0.29) is 12.5 Å². The van der Waals surface area contributed by atoms with Gasteiger partial charge in [0.05, 0.1) is 24.1 Å². The molecule has 0 aromatic carbocycles. The molecule has 3 N–H and O–H groups in total. The van der Waals surface area contributed by atoms with E-state index in [1.54, 1.807) is 12.3 Å². The third-order valence-corrected chi connectivity index (χ3v) is 4.20. The lowest BCUT2D eigenvalue weighted by Gasteiger charge is -2.01. The number of nitrogens with one attached hydrogen (secondary N) is 1. The van der Waals surface area contributed by atoms with Crippen LogP contribution in [0.15, 0.2) is 16.7 Å². The normalized spacial score (nSPS) is 11.0. The van der Waals surface area contributed by atoms with Crippen LogP contribution in [0.5, 0.6) is 0 Å². The first-order valence-corrected chi connectivity index (χ1v) is 7.08. The molecule has 3 heterocycles. The first kappa shape index (κ1) is 13.5. The smallest absolute Gasteiger partial charge is 0.264 e. The van der Waals surface area contributed by atoms with Crippen molar-refractivity contribution in [3.63, 3.8) is 0 Å². The van der Waals surface area contributed by atoms with Crippen molar-refractivity contribution in [3.05, 3.63) is 34.5 Å². The molecule has 0 fully saturated rings. The monoisotopic (exact) mass is 303 g/mol. The average Bonchev–Trinajstić information content (AvgIpc) is 2.98. The van der Waals surface area contributed by atoms with Crippen molar-refractivity contribution < 1.29 is 9.21 Å². The molecule has 0 radical (unpaired) electrons. The first-order valence-electron chi connectivity index (χ1n) is 6.27. The number of aromatic nitrogens is 3. The van der Waals surface area contributed by atoms with E-state index in [2.05, 4.69) is 20.5 Å². The molecular weight excluding hydrogens is 290 g/mol. The predicted octanol–water partition coefficient (Wildman–Crippen LogP) is 1.81. The maximum absolute atomic E-state index is 12.2. The fraction of sp³-hybridized carbons (Fsp3) is 0.231. The lowest BCUT2D eigenvalue weighted by molar-refractivity contribution is 0.0952. The summed E-state index contributed by atoms with van der Waals surface area (Å²) >= 11 is 1.21. The van der Waals surface area contributed by atoms with E-state index in [1.807, 2.05) is 13.8 Å². The minimum Gasteiger partial charge on any atom is -0.444 e. The third kappa shape index (κ3) is 2.45. The van der Waals surface area contributed by atoms with Crippen LogP contribution in [0.3, 0.4) is 0 Å². The van der Waals surface area contributed by atoms with Crippen LogP contribution < -0.4 is 11.1 Å². The Bertz CT molecular complexity index is 804. The standard InChI is InChI=1S/C13H13N5O2S/c1-6-7(2)20-9(17-6)5-15-12(19)11-10(14)8-3-4-16-18-13(8)21-11/h3-4H,5,14H2,1-2H3,(H,15,19). The molecule has 0 spiro atoms. The van der Waals surface area contributed by atoms with Gasteiger partial charge in [-0.1, -0.05) is 0 Å². The zero-order valence-electron chi connectivity index (χ0n) is 11.5. The van der Waals surface area contributed by atoms with Crippen molar-refractivity contribution in [2.24, 2.45) is 0 Å². The lowest BCUT2D eigenvalue weighted by Crippen LogP contribution is -2.22. The SMILES string of the molecule is Cc1nc(CNC(=O)c2sc3nnccc3c2N)oc1C. The van der Waals surface area contributed by atoms with Gasteiger partial charge < -0.3 is 15.5 Å². The highest BCUT2D eigenvalue weighted by atomic mass is 32.1. The van der Waals surface area contributed by atoms with Gasteiger partial charge in [-0.3, -0.25) is 4.79 Å². The number of anilines is 1. The minimum absolute atomic E-state index is 0.215. The summed E-state index contributed by atoms with van der Waals surface area (Å²) in [5, 5.41) is 11.2. The maximum Gasteiger partial charge on any atom is 0.264 e. The van der Waals surface area contributed by atoms with Crippen LogP contribution in [0.1, 0.15) is 27.0 Å². The van der Waals surface area contributed by atoms with Gasteiger partial charge in [-0.15, -0.1) is 16.4 Å². The largest absolute Gasteiger partial charge is 0.444 e. The summed E-state index contributed by atoms with van der Waals surface area (Å²) in [5.74, 6) is 0.942. The molecule has 108 valence electrons. The Morgan fingerprint density at radius 1 is 1.48 bits per heavy atom. The molecule has 0 atom stereocenters. The molecule has 21 heavy (non-hydrogen) atoms. The third-order valence-electron chi connectivity index (χ3n) is 3.10. The Hall–Kier alpha value is -2.48. The summed E-state index contributed by atoms with van der Waals surface area (Å²) in [6, 6.07) is 1.74. The number of aryl methyl sites for hydroxylation is 2. The first-order chi connectivity index (χ1) is 10.1. The van der Waals surface area contributed by atoms with Gasteiger partial charge in [0, 0.05) is 5.39 Å². The number of carbonyl (C=O) groups excluding carboxylic acids is 1. The van der Waals surface area contributed by atoms with Crippen molar-refractivity contribution >= 4 is 33.1 Å². The number of oxazole rings is 1. The van der Waals surface area contributed by atoms with E-state index in [0.717, 1.165) is 16.8 Å². The lowest BCUT2D eigenvalue weighted by atomic mass is 10.3. The van der Waals surface area contributed by atoms with Crippen molar-refractivity contribution in [2.45, 2.75) is 20.4 Å². The van der Waals surface area contributed by atoms with E-state index >= 15 is 0 Å².